The van der Waals surface area contributed by atoms with Crippen molar-refractivity contribution in [2.45, 2.75) is 20.0 Å². The average Bonchev–Trinajstić information content (AvgIpc) is 2.00. The van der Waals surface area contributed by atoms with Gasteiger partial charge in [-0.1, -0.05) is 0 Å². The Morgan fingerprint density at radius 1 is 1.50 bits per heavy atom. The summed E-state index contributed by atoms with van der Waals surface area (Å²) < 4.78 is 9.22. The van der Waals surface area contributed by atoms with Gasteiger partial charge in [-0.2, -0.15) is 0 Å². The van der Waals surface area contributed by atoms with Gasteiger partial charge in [-0.25, -0.2) is 9.59 Å². The lowest BCUT2D eigenvalue weighted by Crippen LogP contribution is -2.25. The molecule has 70 valence electrons. The highest BCUT2D eigenvalue weighted by Gasteiger charge is 2.15. The molecule has 0 aliphatic carbocycles. The first-order valence-corrected chi connectivity index (χ1v) is 3.58. The molecule has 0 spiro atoms. The summed E-state index contributed by atoms with van der Waals surface area (Å²) in [6.45, 7) is 2.89. The van der Waals surface area contributed by atoms with E-state index in [0.717, 1.165) is 0 Å². The predicted molar refractivity (Wildman–Crippen MR) is 39.7 cm³/mol. The van der Waals surface area contributed by atoms with Gasteiger partial charge >= 0.3 is 11.9 Å². The van der Waals surface area contributed by atoms with Crippen molar-refractivity contribution in [3.8, 4) is 0 Å². The Morgan fingerprint density at radius 2 is 2.08 bits per heavy atom. The Kier molecular flexibility index (Phi) is 5.03. The number of rotatable bonds is 5. The van der Waals surface area contributed by atoms with E-state index in [0.29, 0.717) is 0 Å². The number of esters is 1. The minimum atomic E-state index is -1.11. The average molecular weight is 176 g/mol. The number of hydrogen-bond donors (Lipinski definition) is 1. The van der Waals surface area contributed by atoms with Gasteiger partial charge in [0.25, 0.3) is 0 Å². The lowest BCUT2D eigenvalue weighted by Gasteiger charge is -2.09. The molecule has 0 bridgehead atoms. The molecule has 0 aromatic carbocycles. The van der Waals surface area contributed by atoms with Crippen LogP contribution >= 0.6 is 0 Å². The van der Waals surface area contributed by atoms with Crippen molar-refractivity contribution in [1.29, 1.82) is 0 Å². The largest absolute Gasteiger partial charge is 0.480 e. The molecular weight excluding hydrogens is 164 g/mol. The first-order chi connectivity index (χ1) is 5.57. The molecule has 0 rings (SSSR count). The molecule has 0 unspecified atom stereocenters. The van der Waals surface area contributed by atoms with Crippen LogP contribution < -0.4 is 0 Å². The van der Waals surface area contributed by atoms with E-state index in [1.165, 1.54) is 6.92 Å². The van der Waals surface area contributed by atoms with Gasteiger partial charge < -0.3 is 14.6 Å². The zero-order valence-corrected chi connectivity index (χ0v) is 7.07. The van der Waals surface area contributed by atoms with Gasteiger partial charge in [-0.15, -0.1) is 0 Å². The smallest absolute Gasteiger partial charge is 0.334 e. The SMILES string of the molecule is CCOC(=O)[C@H](C)OCC(=O)O. The fourth-order valence-electron chi connectivity index (χ4n) is 0.524. The minimum Gasteiger partial charge on any atom is -0.480 e. The van der Waals surface area contributed by atoms with Crippen LogP contribution in [-0.4, -0.2) is 36.4 Å². The summed E-state index contributed by atoms with van der Waals surface area (Å²) in [6, 6.07) is 0. The third kappa shape index (κ3) is 4.68. The summed E-state index contributed by atoms with van der Waals surface area (Å²) in [5.74, 6) is -1.65. The van der Waals surface area contributed by atoms with E-state index < -0.39 is 24.6 Å². The van der Waals surface area contributed by atoms with Crippen LogP contribution in [-0.2, 0) is 19.1 Å². The molecule has 0 aliphatic heterocycles. The molecule has 5 heteroatoms. The van der Waals surface area contributed by atoms with E-state index in [4.69, 9.17) is 5.11 Å². The Labute approximate surface area is 70.3 Å². The van der Waals surface area contributed by atoms with Crippen LogP contribution in [0.15, 0.2) is 0 Å². The normalized spacial score (nSPS) is 12.2. The molecule has 0 aliphatic rings. The van der Waals surface area contributed by atoms with E-state index in [9.17, 15) is 9.59 Å². The second-order valence-electron chi connectivity index (χ2n) is 2.10. The van der Waals surface area contributed by atoms with Gasteiger partial charge in [0, 0.05) is 0 Å². The van der Waals surface area contributed by atoms with Crippen molar-refractivity contribution < 1.29 is 24.2 Å². The lowest BCUT2D eigenvalue weighted by molar-refractivity contribution is -0.159. The molecule has 1 atom stereocenters. The molecule has 0 heterocycles. The van der Waals surface area contributed by atoms with E-state index in [1.807, 2.05) is 0 Å². The number of ether oxygens (including phenoxy) is 2. The standard InChI is InChI=1S/C7H12O5/c1-3-11-7(10)5(2)12-4-6(8)9/h5H,3-4H2,1-2H3,(H,8,9)/t5-/m0/s1. The molecule has 12 heavy (non-hydrogen) atoms. The van der Waals surface area contributed by atoms with Gasteiger partial charge in [0.05, 0.1) is 6.61 Å². The predicted octanol–water partition coefficient (Wildman–Crippen LogP) is 0.0392. The van der Waals surface area contributed by atoms with Crippen molar-refractivity contribution in [1.82, 2.24) is 0 Å². The minimum absolute atomic E-state index is 0.263. The van der Waals surface area contributed by atoms with Crippen molar-refractivity contribution >= 4 is 11.9 Å². The number of carboxylic acids is 1. The van der Waals surface area contributed by atoms with E-state index in [2.05, 4.69) is 9.47 Å². The van der Waals surface area contributed by atoms with Gasteiger partial charge in [-0.05, 0) is 13.8 Å². The van der Waals surface area contributed by atoms with Crippen LogP contribution in [0.25, 0.3) is 0 Å². The van der Waals surface area contributed by atoms with Gasteiger partial charge in [0.15, 0.2) is 6.10 Å². The monoisotopic (exact) mass is 176 g/mol. The van der Waals surface area contributed by atoms with Crippen LogP contribution in [0.1, 0.15) is 13.8 Å². The molecular formula is C7H12O5. The van der Waals surface area contributed by atoms with E-state index in [-0.39, 0.29) is 6.61 Å². The topological polar surface area (TPSA) is 72.8 Å². The third-order valence-electron chi connectivity index (χ3n) is 1.08. The van der Waals surface area contributed by atoms with Crippen LogP contribution in [0, 0.1) is 0 Å². The summed E-state index contributed by atoms with van der Waals surface area (Å²) in [5.41, 5.74) is 0. The number of carbonyl (C=O) groups is 2. The fourth-order valence-corrected chi connectivity index (χ4v) is 0.524. The van der Waals surface area contributed by atoms with Crippen LogP contribution in [0.5, 0.6) is 0 Å². The van der Waals surface area contributed by atoms with Gasteiger partial charge in [-0.3, -0.25) is 0 Å². The highest BCUT2D eigenvalue weighted by atomic mass is 16.6. The van der Waals surface area contributed by atoms with Crippen molar-refractivity contribution in [3.63, 3.8) is 0 Å². The number of aliphatic carboxylic acids is 1. The third-order valence-corrected chi connectivity index (χ3v) is 1.08. The number of hydrogen-bond acceptors (Lipinski definition) is 4. The molecule has 0 aromatic heterocycles. The maximum atomic E-state index is 10.8. The van der Waals surface area contributed by atoms with E-state index >= 15 is 0 Å². The zero-order chi connectivity index (χ0) is 9.56. The maximum Gasteiger partial charge on any atom is 0.334 e. The summed E-state index contributed by atoms with van der Waals surface area (Å²) in [5, 5.41) is 8.20. The molecule has 0 aromatic rings. The second kappa shape index (κ2) is 5.54. The van der Waals surface area contributed by atoms with Crippen molar-refractivity contribution in [2.75, 3.05) is 13.2 Å². The van der Waals surface area contributed by atoms with Crippen LogP contribution in [0.4, 0.5) is 0 Å². The highest BCUT2D eigenvalue weighted by molar-refractivity contribution is 5.75. The molecule has 0 radical (unpaired) electrons. The molecule has 5 nitrogen and oxygen atoms in total. The zero-order valence-electron chi connectivity index (χ0n) is 7.07. The van der Waals surface area contributed by atoms with Crippen molar-refractivity contribution in [2.24, 2.45) is 0 Å². The van der Waals surface area contributed by atoms with Gasteiger partial charge in [0.1, 0.15) is 6.61 Å². The first kappa shape index (κ1) is 10.9. The maximum absolute atomic E-state index is 10.8. The molecule has 0 saturated carbocycles. The molecule has 0 fully saturated rings. The Hall–Kier alpha value is -1.10. The Bertz CT molecular complexity index is 165. The fraction of sp³-hybridized carbons (Fsp3) is 0.714. The van der Waals surface area contributed by atoms with Crippen molar-refractivity contribution in [3.05, 3.63) is 0 Å². The number of carbonyl (C=O) groups excluding carboxylic acids is 1. The quantitative estimate of drug-likeness (QED) is 0.598. The second-order valence-corrected chi connectivity index (χ2v) is 2.10. The summed E-state index contributed by atoms with van der Waals surface area (Å²) >= 11 is 0. The molecule has 0 saturated heterocycles. The Morgan fingerprint density at radius 3 is 2.50 bits per heavy atom. The van der Waals surface area contributed by atoms with E-state index in [1.54, 1.807) is 6.92 Å². The number of carboxylic acid groups (broad SMARTS) is 1. The highest BCUT2D eigenvalue weighted by Crippen LogP contribution is 1.93. The molecule has 1 N–H and O–H groups in total. The lowest BCUT2D eigenvalue weighted by atomic mass is 10.4. The summed E-state index contributed by atoms with van der Waals surface area (Å²) in [4.78, 5) is 20.8. The molecule has 0 amide bonds. The first-order valence-electron chi connectivity index (χ1n) is 3.58. The summed E-state index contributed by atoms with van der Waals surface area (Å²) in [7, 11) is 0. The van der Waals surface area contributed by atoms with Crippen LogP contribution in [0.3, 0.4) is 0 Å². The van der Waals surface area contributed by atoms with Crippen LogP contribution in [0.2, 0.25) is 0 Å². The summed E-state index contributed by atoms with van der Waals surface area (Å²) in [6.07, 6.45) is -0.818. The Balaban J connectivity index is 3.63. The van der Waals surface area contributed by atoms with Gasteiger partial charge in [0.2, 0.25) is 0 Å².